The lowest BCUT2D eigenvalue weighted by Gasteiger charge is -2.04. The van der Waals surface area contributed by atoms with E-state index >= 15 is 0 Å². The molecule has 0 saturated heterocycles. The normalized spacial score (nSPS) is 10.0. The molecule has 0 bridgehead atoms. The maximum absolute atomic E-state index is 13.2. The van der Waals surface area contributed by atoms with Gasteiger partial charge in [0.25, 0.3) is 0 Å². The molecule has 6 nitrogen and oxygen atoms in total. The van der Waals surface area contributed by atoms with E-state index < -0.39 is 16.4 Å². The van der Waals surface area contributed by atoms with Gasteiger partial charge in [-0.2, -0.15) is 4.39 Å². The highest BCUT2D eigenvalue weighted by Gasteiger charge is 2.14. The third-order valence-corrected chi connectivity index (χ3v) is 1.99. The summed E-state index contributed by atoms with van der Waals surface area (Å²) in [5.41, 5.74) is -0.491. The second-order valence-corrected chi connectivity index (χ2v) is 3.30. The molecule has 0 spiro atoms. The number of anilines is 1. The number of benzene rings is 1. The molecule has 0 unspecified atom stereocenters. The molecule has 7 heteroatoms. The van der Waals surface area contributed by atoms with Gasteiger partial charge in [-0.15, -0.1) is 0 Å². The topological polar surface area (TPSA) is 92.5 Å². The summed E-state index contributed by atoms with van der Waals surface area (Å²) in [7, 11) is 0. The largest absolute Gasteiger partial charge is 0.396 e. The molecule has 2 N–H and O–H groups in total. The molecule has 0 atom stereocenters. The molecule has 0 heterocycles. The van der Waals surface area contributed by atoms with Gasteiger partial charge in [-0.05, 0) is 12.5 Å². The van der Waals surface area contributed by atoms with Gasteiger partial charge < -0.3 is 10.4 Å². The fraction of sp³-hybridized carbons (Fsp3) is 0.300. The Labute approximate surface area is 96.2 Å². The monoisotopic (exact) mass is 242 g/mol. The molecule has 0 radical (unpaired) electrons. The number of nitro benzene ring substituents is 1. The number of halogens is 1. The Morgan fingerprint density at radius 1 is 1.53 bits per heavy atom. The molecular formula is C10H11FN2O4. The number of amides is 1. The van der Waals surface area contributed by atoms with Crippen molar-refractivity contribution in [2.24, 2.45) is 0 Å². The highest BCUT2D eigenvalue weighted by atomic mass is 19.1. The first kappa shape index (κ1) is 13.0. The lowest BCUT2D eigenvalue weighted by Crippen LogP contribution is -2.12. The summed E-state index contributed by atoms with van der Waals surface area (Å²) in [6, 6.07) is 3.12. The van der Waals surface area contributed by atoms with Crippen molar-refractivity contribution in [3.63, 3.8) is 0 Å². The Balaban J connectivity index is 2.70. The summed E-state index contributed by atoms with van der Waals surface area (Å²) in [6.45, 7) is -0.109. The Kier molecular flexibility index (Phi) is 4.53. The van der Waals surface area contributed by atoms with Gasteiger partial charge in [-0.3, -0.25) is 14.9 Å². The number of nitrogens with one attached hydrogen (secondary N) is 1. The summed E-state index contributed by atoms with van der Waals surface area (Å²) in [6.07, 6.45) is 0.413. The van der Waals surface area contributed by atoms with Gasteiger partial charge in [0, 0.05) is 30.8 Å². The van der Waals surface area contributed by atoms with E-state index in [4.69, 9.17) is 5.11 Å². The maximum Gasteiger partial charge on any atom is 0.304 e. The quantitative estimate of drug-likeness (QED) is 0.603. The fourth-order valence-corrected chi connectivity index (χ4v) is 1.20. The molecule has 0 aliphatic carbocycles. The van der Waals surface area contributed by atoms with E-state index in [1.54, 1.807) is 0 Å². The zero-order valence-corrected chi connectivity index (χ0v) is 8.85. The van der Waals surface area contributed by atoms with E-state index in [2.05, 4.69) is 5.32 Å². The summed E-state index contributed by atoms with van der Waals surface area (Å²) < 4.78 is 13.2. The van der Waals surface area contributed by atoms with Gasteiger partial charge in [0.15, 0.2) is 0 Å². The van der Waals surface area contributed by atoms with Crippen molar-refractivity contribution in [3.8, 4) is 0 Å². The zero-order valence-electron chi connectivity index (χ0n) is 8.85. The molecule has 0 aliphatic rings. The van der Waals surface area contributed by atoms with Crippen molar-refractivity contribution in [1.82, 2.24) is 0 Å². The second kappa shape index (κ2) is 5.90. The first-order valence-electron chi connectivity index (χ1n) is 4.89. The zero-order chi connectivity index (χ0) is 12.8. The standard InChI is InChI=1S/C10H11FN2O4/c11-8-6-7(3-4-9(8)13(16)17)12-10(15)2-1-5-14/h3-4,6,14H,1-2,5H2,(H,12,15). The average molecular weight is 242 g/mol. The lowest BCUT2D eigenvalue weighted by molar-refractivity contribution is -0.387. The van der Waals surface area contributed by atoms with Crippen LogP contribution in [0.25, 0.3) is 0 Å². The van der Waals surface area contributed by atoms with Gasteiger partial charge in [0.2, 0.25) is 11.7 Å². The van der Waals surface area contributed by atoms with Crippen LogP contribution < -0.4 is 5.32 Å². The van der Waals surface area contributed by atoms with Crippen LogP contribution in [0.2, 0.25) is 0 Å². The minimum Gasteiger partial charge on any atom is -0.396 e. The van der Waals surface area contributed by atoms with Crippen molar-refractivity contribution < 1.29 is 19.2 Å². The first-order chi connectivity index (χ1) is 8.04. The molecule has 0 aliphatic heterocycles. The number of carbonyl (C=O) groups is 1. The van der Waals surface area contributed by atoms with Crippen molar-refractivity contribution in [2.75, 3.05) is 11.9 Å². The summed E-state index contributed by atoms with van der Waals surface area (Å²) in [4.78, 5) is 20.7. The maximum atomic E-state index is 13.2. The molecule has 1 aromatic rings. The molecule has 1 aromatic carbocycles. The number of aliphatic hydroxyl groups excluding tert-OH is 1. The van der Waals surface area contributed by atoms with Crippen LogP contribution in [-0.2, 0) is 4.79 Å². The van der Waals surface area contributed by atoms with Gasteiger partial charge >= 0.3 is 5.69 Å². The summed E-state index contributed by atoms with van der Waals surface area (Å²) in [5.74, 6) is -1.39. The highest BCUT2D eigenvalue weighted by molar-refractivity contribution is 5.90. The SMILES string of the molecule is O=C(CCCO)Nc1ccc([N+](=O)[O-])c(F)c1. The van der Waals surface area contributed by atoms with E-state index in [1.807, 2.05) is 0 Å². The number of nitro groups is 1. The number of hydrogen-bond acceptors (Lipinski definition) is 4. The smallest absolute Gasteiger partial charge is 0.304 e. The molecule has 1 amide bonds. The fourth-order valence-electron chi connectivity index (χ4n) is 1.20. The lowest BCUT2D eigenvalue weighted by atomic mass is 10.2. The molecule has 0 saturated carbocycles. The number of aliphatic hydroxyl groups is 1. The molecular weight excluding hydrogens is 231 g/mol. The van der Waals surface area contributed by atoms with Crippen molar-refractivity contribution in [1.29, 1.82) is 0 Å². The highest BCUT2D eigenvalue weighted by Crippen LogP contribution is 2.20. The van der Waals surface area contributed by atoms with Crippen LogP contribution in [0.15, 0.2) is 18.2 Å². The Morgan fingerprint density at radius 3 is 2.76 bits per heavy atom. The summed E-state index contributed by atoms with van der Waals surface area (Å²) in [5, 5.41) is 21.2. The first-order valence-corrected chi connectivity index (χ1v) is 4.89. The van der Waals surface area contributed by atoms with Gasteiger partial charge in [0.1, 0.15) is 0 Å². The van der Waals surface area contributed by atoms with E-state index in [0.29, 0.717) is 6.42 Å². The van der Waals surface area contributed by atoms with Gasteiger partial charge in [0.05, 0.1) is 4.92 Å². The van der Waals surface area contributed by atoms with Crippen LogP contribution in [-0.4, -0.2) is 22.5 Å². The predicted molar refractivity (Wildman–Crippen MR) is 58.0 cm³/mol. The Morgan fingerprint density at radius 2 is 2.24 bits per heavy atom. The van der Waals surface area contributed by atoms with E-state index in [9.17, 15) is 19.3 Å². The van der Waals surface area contributed by atoms with Crippen LogP contribution in [0, 0.1) is 15.9 Å². The molecule has 92 valence electrons. The molecule has 0 aromatic heterocycles. The van der Waals surface area contributed by atoms with Gasteiger partial charge in [-0.1, -0.05) is 0 Å². The van der Waals surface area contributed by atoms with Crippen LogP contribution in [0.3, 0.4) is 0 Å². The Hall–Kier alpha value is -2.02. The third kappa shape index (κ3) is 3.80. The van der Waals surface area contributed by atoms with Crippen molar-refractivity contribution in [2.45, 2.75) is 12.8 Å². The Bertz CT molecular complexity index is 436. The second-order valence-electron chi connectivity index (χ2n) is 3.30. The third-order valence-electron chi connectivity index (χ3n) is 1.99. The predicted octanol–water partition coefficient (Wildman–Crippen LogP) is 1.44. The van der Waals surface area contributed by atoms with Gasteiger partial charge in [-0.25, -0.2) is 0 Å². The molecule has 0 fully saturated rings. The van der Waals surface area contributed by atoms with E-state index in [0.717, 1.165) is 12.1 Å². The molecule has 1 rings (SSSR count). The van der Waals surface area contributed by atoms with Crippen LogP contribution in [0.1, 0.15) is 12.8 Å². The van der Waals surface area contributed by atoms with E-state index in [1.165, 1.54) is 6.07 Å². The average Bonchev–Trinajstić information content (AvgIpc) is 2.26. The van der Waals surface area contributed by atoms with Crippen LogP contribution >= 0.6 is 0 Å². The minimum atomic E-state index is -1.00. The minimum absolute atomic E-state index is 0.106. The summed E-state index contributed by atoms with van der Waals surface area (Å²) >= 11 is 0. The van der Waals surface area contributed by atoms with Crippen LogP contribution in [0.4, 0.5) is 15.8 Å². The van der Waals surface area contributed by atoms with Crippen molar-refractivity contribution in [3.05, 3.63) is 34.1 Å². The number of hydrogen-bond donors (Lipinski definition) is 2. The molecule has 17 heavy (non-hydrogen) atoms. The van der Waals surface area contributed by atoms with Crippen LogP contribution in [0.5, 0.6) is 0 Å². The van der Waals surface area contributed by atoms with E-state index in [-0.39, 0.29) is 24.6 Å². The number of carbonyl (C=O) groups excluding carboxylic acids is 1. The van der Waals surface area contributed by atoms with Crippen molar-refractivity contribution >= 4 is 17.3 Å². The number of rotatable bonds is 5. The number of nitrogens with zero attached hydrogens (tertiary/aromatic N) is 1.